The molecule has 1 aliphatic rings. The van der Waals surface area contributed by atoms with E-state index in [0.717, 1.165) is 23.6 Å². The second-order valence-electron chi connectivity index (χ2n) is 3.50. The zero-order chi connectivity index (χ0) is 10.7. The summed E-state index contributed by atoms with van der Waals surface area (Å²) in [7, 11) is 1.67. The van der Waals surface area contributed by atoms with Crippen LogP contribution in [0.15, 0.2) is 41.4 Å². The quantitative estimate of drug-likeness (QED) is 0.732. The molecular weight excluding hydrogens is 208 g/mol. The lowest BCUT2D eigenvalue weighted by atomic mass is 9.97. The normalized spacial score (nSPS) is 15.6. The van der Waals surface area contributed by atoms with Crippen LogP contribution in [0.4, 0.5) is 0 Å². The van der Waals surface area contributed by atoms with Gasteiger partial charge in [-0.2, -0.15) is 0 Å². The van der Waals surface area contributed by atoms with E-state index in [-0.39, 0.29) is 0 Å². The van der Waals surface area contributed by atoms with Crippen molar-refractivity contribution >= 4 is 17.2 Å². The molecule has 0 aliphatic heterocycles. The Kier molecular flexibility index (Phi) is 3.12. The molecule has 0 fully saturated rings. The van der Waals surface area contributed by atoms with Crippen molar-refractivity contribution in [1.29, 1.82) is 0 Å². The van der Waals surface area contributed by atoms with Crippen molar-refractivity contribution < 1.29 is 4.74 Å². The molecule has 2 rings (SSSR count). The molecular formula is C13H13ClO. The molecule has 0 bridgehead atoms. The number of halogens is 1. The second-order valence-corrected chi connectivity index (χ2v) is 3.90. The fourth-order valence-electron chi connectivity index (χ4n) is 1.71. The first-order valence-corrected chi connectivity index (χ1v) is 5.38. The van der Waals surface area contributed by atoms with Gasteiger partial charge in [-0.1, -0.05) is 29.8 Å². The van der Waals surface area contributed by atoms with E-state index in [2.05, 4.69) is 18.2 Å². The zero-order valence-electron chi connectivity index (χ0n) is 8.66. The van der Waals surface area contributed by atoms with Crippen LogP contribution >= 0.6 is 11.6 Å². The van der Waals surface area contributed by atoms with E-state index in [4.69, 9.17) is 16.3 Å². The summed E-state index contributed by atoms with van der Waals surface area (Å²) in [5, 5.41) is 0.853. The van der Waals surface area contributed by atoms with Gasteiger partial charge in [0.1, 0.15) is 5.75 Å². The molecule has 15 heavy (non-hydrogen) atoms. The van der Waals surface area contributed by atoms with Gasteiger partial charge in [-0.05, 0) is 42.2 Å². The maximum absolute atomic E-state index is 6.15. The molecule has 0 radical (unpaired) electrons. The van der Waals surface area contributed by atoms with Crippen LogP contribution in [-0.4, -0.2) is 7.11 Å². The Bertz CT molecular complexity index is 401. The van der Waals surface area contributed by atoms with Gasteiger partial charge in [0.15, 0.2) is 0 Å². The Balaban J connectivity index is 2.33. The van der Waals surface area contributed by atoms with Crippen LogP contribution in [0.1, 0.15) is 18.4 Å². The van der Waals surface area contributed by atoms with Gasteiger partial charge in [0.25, 0.3) is 0 Å². The largest absolute Gasteiger partial charge is 0.497 e. The summed E-state index contributed by atoms with van der Waals surface area (Å²) < 4.78 is 5.12. The van der Waals surface area contributed by atoms with Crippen LogP contribution in [0.25, 0.3) is 5.57 Å². The third-order valence-electron chi connectivity index (χ3n) is 2.55. The average molecular weight is 221 g/mol. The summed E-state index contributed by atoms with van der Waals surface area (Å²) in [6, 6.07) is 8.03. The molecule has 1 aromatic carbocycles. The Hall–Kier alpha value is -1.21. The van der Waals surface area contributed by atoms with Gasteiger partial charge in [0.05, 0.1) is 7.11 Å². The number of ether oxygens (including phenoxy) is 1. The van der Waals surface area contributed by atoms with Gasteiger partial charge >= 0.3 is 0 Å². The van der Waals surface area contributed by atoms with Gasteiger partial charge in [0, 0.05) is 5.03 Å². The number of methoxy groups -OCH3 is 1. The van der Waals surface area contributed by atoms with Crippen molar-refractivity contribution in [3.8, 4) is 5.75 Å². The molecule has 0 saturated heterocycles. The SMILES string of the molecule is COc1ccc(C2=C(Cl)C=CCC2)cc1. The molecule has 0 heterocycles. The zero-order valence-corrected chi connectivity index (χ0v) is 9.42. The third-order valence-corrected chi connectivity index (χ3v) is 2.91. The maximum atomic E-state index is 6.15. The van der Waals surface area contributed by atoms with Crippen molar-refractivity contribution in [2.45, 2.75) is 12.8 Å². The lowest BCUT2D eigenvalue weighted by Crippen LogP contribution is -1.91. The molecule has 1 aliphatic carbocycles. The van der Waals surface area contributed by atoms with Crippen LogP contribution in [0.2, 0.25) is 0 Å². The van der Waals surface area contributed by atoms with Crippen molar-refractivity contribution in [3.05, 3.63) is 47.0 Å². The number of hydrogen-bond acceptors (Lipinski definition) is 1. The number of benzene rings is 1. The van der Waals surface area contributed by atoms with E-state index in [0.29, 0.717) is 0 Å². The van der Waals surface area contributed by atoms with E-state index in [1.165, 1.54) is 11.1 Å². The van der Waals surface area contributed by atoms with E-state index in [1.807, 2.05) is 18.2 Å². The maximum Gasteiger partial charge on any atom is 0.118 e. The third kappa shape index (κ3) is 2.24. The molecule has 0 amide bonds. The average Bonchev–Trinajstić information content (AvgIpc) is 2.30. The highest BCUT2D eigenvalue weighted by molar-refractivity contribution is 6.34. The molecule has 1 nitrogen and oxygen atoms in total. The molecule has 1 aromatic rings. The summed E-state index contributed by atoms with van der Waals surface area (Å²) in [6.45, 7) is 0. The summed E-state index contributed by atoms with van der Waals surface area (Å²) in [4.78, 5) is 0. The van der Waals surface area contributed by atoms with Gasteiger partial charge in [0.2, 0.25) is 0 Å². The molecule has 0 unspecified atom stereocenters. The first-order valence-electron chi connectivity index (χ1n) is 5.01. The number of allylic oxidation sites excluding steroid dienone is 4. The Morgan fingerprint density at radius 3 is 2.53 bits per heavy atom. The smallest absolute Gasteiger partial charge is 0.118 e. The fourth-order valence-corrected chi connectivity index (χ4v) is 2.00. The predicted octanol–water partition coefficient (Wildman–Crippen LogP) is 4.00. The van der Waals surface area contributed by atoms with Crippen LogP contribution < -0.4 is 4.74 Å². The topological polar surface area (TPSA) is 9.23 Å². The van der Waals surface area contributed by atoms with E-state index in [9.17, 15) is 0 Å². The molecule has 78 valence electrons. The first-order chi connectivity index (χ1) is 7.31. The highest BCUT2D eigenvalue weighted by atomic mass is 35.5. The van der Waals surface area contributed by atoms with Crippen molar-refractivity contribution in [2.24, 2.45) is 0 Å². The van der Waals surface area contributed by atoms with Crippen molar-refractivity contribution in [1.82, 2.24) is 0 Å². The highest BCUT2D eigenvalue weighted by Crippen LogP contribution is 2.31. The lowest BCUT2D eigenvalue weighted by molar-refractivity contribution is 0.415. The van der Waals surface area contributed by atoms with Gasteiger partial charge in [-0.3, -0.25) is 0 Å². The Labute approximate surface area is 95.0 Å². The van der Waals surface area contributed by atoms with Crippen LogP contribution in [-0.2, 0) is 0 Å². The van der Waals surface area contributed by atoms with Crippen LogP contribution in [0, 0.1) is 0 Å². The molecule has 0 aromatic heterocycles. The first kappa shape index (κ1) is 10.3. The summed E-state index contributed by atoms with van der Waals surface area (Å²) >= 11 is 6.15. The summed E-state index contributed by atoms with van der Waals surface area (Å²) in [5.41, 5.74) is 2.41. The lowest BCUT2D eigenvalue weighted by Gasteiger charge is -2.12. The monoisotopic (exact) mass is 220 g/mol. The second kappa shape index (κ2) is 4.54. The van der Waals surface area contributed by atoms with E-state index in [1.54, 1.807) is 7.11 Å². The van der Waals surface area contributed by atoms with Gasteiger partial charge in [-0.25, -0.2) is 0 Å². The van der Waals surface area contributed by atoms with Crippen molar-refractivity contribution in [2.75, 3.05) is 7.11 Å². The van der Waals surface area contributed by atoms with Crippen LogP contribution in [0.5, 0.6) is 5.75 Å². The minimum absolute atomic E-state index is 0.853. The minimum Gasteiger partial charge on any atom is -0.497 e. The number of hydrogen-bond donors (Lipinski definition) is 0. The number of rotatable bonds is 2. The van der Waals surface area contributed by atoms with Gasteiger partial charge < -0.3 is 4.74 Å². The molecule has 2 heteroatoms. The molecule has 0 spiro atoms. The van der Waals surface area contributed by atoms with Gasteiger partial charge in [-0.15, -0.1) is 0 Å². The minimum atomic E-state index is 0.853. The molecule has 0 atom stereocenters. The fraction of sp³-hybridized carbons (Fsp3) is 0.231. The highest BCUT2D eigenvalue weighted by Gasteiger charge is 2.08. The van der Waals surface area contributed by atoms with E-state index < -0.39 is 0 Å². The molecule has 0 N–H and O–H groups in total. The summed E-state index contributed by atoms with van der Waals surface area (Å²) in [6.07, 6.45) is 6.17. The molecule has 0 saturated carbocycles. The standard InChI is InChI=1S/C13H13ClO/c1-15-11-8-6-10(7-9-11)12-4-2-3-5-13(12)14/h3,5-9H,2,4H2,1H3. The van der Waals surface area contributed by atoms with Crippen LogP contribution in [0.3, 0.4) is 0 Å². The van der Waals surface area contributed by atoms with E-state index >= 15 is 0 Å². The summed E-state index contributed by atoms with van der Waals surface area (Å²) in [5.74, 6) is 0.877. The predicted molar refractivity (Wildman–Crippen MR) is 64.1 cm³/mol. The Morgan fingerprint density at radius 1 is 1.20 bits per heavy atom. The van der Waals surface area contributed by atoms with Crippen molar-refractivity contribution in [3.63, 3.8) is 0 Å². The Morgan fingerprint density at radius 2 is 1.93 bits per heavy atom.